The highest BCUT2D eigenvalue weighted by Crippen LogP contribution is 2.08. The van der Waals surface area contributed by atoms with Gasteiger partial charge in [-0.25, -0.2) is 4.98 Å². The molecule has 0 aliphatic rings. The Bertz CT molecular complexity index is 389. The van der Waals surface area contributed by atoms with Gasteiger partial charge in [0, 0.05) is 25.8 Å². The lowest BCUT2D eigenvalue weighted by Crippen LogP contribution is -2.24. The molecule has 0 aromatic carbocycles. The highest BCUT2D eigenvalue weighted by molar-refractivity contribution is 5.91. The van der Waals surface area contributed by atoms with E-state index in [1.807, 2.05) is 4.57 Å². The predicted molar refractivity (Wildman–Crippen MR) is 86.2 cm³/mol. The smallest absolute Gasteiger partial charge is 0.271 e. The highest BCUT2D eigenvalue weighted by Gasteiger charge is 2.07. The van der Waals surface area contributed by atoms with Gasteiger partial charge in [-0.2, -0.15) is 0 Å². The summed E-state index contributed by atoms with van der Waals surface area (Å²) in [5.74, 6) is -0.0892. The number of nitrogens with one attached hydrogen (secondary N) is 1. The van der Waals surface area contributed by atoms with Crippen LogP contribution in [0.4, 0.5) is 0 Å². The molecule has 0 atom stereocenters. The molecule has 0 saturated carbocycles. The Morgan fingerprint density at radius 3 is 2.52 bits per heavy atom. The number of nitrogens with two attached hydrogens (primary N) is 1. The van der Waals surface area contributed by atoms with Gasteiger partial charge in [0.2, 0.25) is 0 Å². The third-order valence-corrected chi connectivity index (χ3v) is 3.57. The lowest BCUT2D eigenvalue weighted by molar-refractivity contribution is 0.0948. The number of hydrogen-bond donors (Lipinski definition) is 2. The summed E-state index contributed by atoms with van der Waals surface area (Å²) < 4.78 is 1.84. The van der Waals surface area contributed by atoms with Crippen LogP contribution in [0.25, 0.3) is 0 Å². The molecule has 5 heteroatoms. The van der Waals surface area contributed by atoms with Crippen LogP contribution in [0.15, 0.2) is 12.5 Å². The van der Waals surface area contributed by atoms with Crippen molar-refractivity contribution in [3.05, 3.63) is 18.2 Å². The van der Waals surface area contributed by atoms with Crippen LogP contribution < -0.4 is 11.1 Å². The van der Waals surface area contributed by atoms with Crippen LogP contribution in [0.3, 0.4) is 0 Å². The minimum Gasteiger partial charge on any atom is -0.351 e. The third kappa shape index (κ3) is 7.85. The van der Waals surface area contributed by atoms with Crippen molar-refractivity contribution >= 4 is 5.91 Å². The molecule has 0 aliphatic heterocycles. The summed E-state index contributed by atoms with van der Waals surface area (Å²) in [5, 5.41) is 2.92. The van der Waals surface area contributed by atoms with Gasteiger partial charge in [-0.3, -0.25) is 4.79 Å². The molecule has 0 radical (unpaired) electrons. The Kier molecular flexibility index (Phi) is 9.53. The standard InChI is InChI=1S/C16H30N4O/c1-2-3-4-5-6-7-8-9-11-18-16(21)15-13-20(12-10-17)14-19-15/h13-14H,2-12,17H2,1H3,(H,18,21). The zero-order valence-corrected chi connectivity index (χ0v) is 13.3. The molecule has 1 rings (SSSR count). The maximum atomic E-state index is 11.9. The van der Waals surface area contributed by atoms with Crippen LogP contribution in [-0.4, -0.2) is 28.5 Å². The maximum Gasteiger partial charge on any atom is 0.271 e. The fraction of sp³-hybridized carbons (Fsp3) is 0.750. The zero-order valence-electron chi connectivity index (χ0n) is 13.3. The average molecular weight is 294 g/mol. The van der Waals surface area contributed by atoms with E-state index in [1.54, 1.807) is 12.5 Å². The van der Waals surface area contributed by atoms with Crippen molar-refractivity contribution in [2.75, 3.05) is 13.1 Å². The summed E-state index contributed by atoms with van der Waals surface area (Å²) in [5.41, 5.74) is 5.94. The molecule has 0 spiro atoms. The molecule has 1 aromatic rings. The molecule has 0 unspecified atom stereocenters. The van der Waals surface area contributed by atoms with E-state index in [0.717, 1.165) is 13.0 Å². The van der Waals surface area contributed by atoms with Gasteiger partial charge < -0.3 is 15.6 Å². The SMILES string of the molecule is CCCCCCCCCCNC(=O)c1cn(CCN)cn1. The Morgan fingerprint density at radius 2 is 1.86 bits per heavy atom. The molecular weight excluding hydrogens is 264 g/mol. The fourth-order valence-electron chi connectivity index (χ4n) is 2.30. The normalized spacial score (nSPS) is 10.8. The number of carbonyl (C=O) groups excluding carboxylic acids is 1. The van der Waals surface area contributed by atoms with Crippen molar-refractivity contribution in [3.63, 3.8) is 0 Å². The number of hydrogen-bond acceptors (Lipinski definition) is 3. The molecule has 0 aliphatic carbocycles. The first-order chi connectivity index (χ1) is 10.3. The van der Waals surface area contributed by atoms with Crippen molar-refractivity contribution in [3.8, 4) is 0 Å². The van der Waals surface area contributed by atoms with Crippen molar-refractivity contribution in [1.82, 2.24) is 14.9 Å². The topological polar surface area (TPSA) is 72.9 Å². The molecular formula is C16H30N4O. The summed E-state index contributed by atoms with van der Waals surface area (Å²) in [6.45, 7) is 4.22. The van der Waals surface area contributed by atoms with Crippen LogP contribution in [0.1, 0.15) is 68.8 Å². The minimum atomic E-state index is -0.0892. The monoisotopic (exact) mass is 294 g/mol. The Balaban J connectivity index is 2.02. The van der Waals surface area contributed by atoms with Gasteiger partial charge >= 0.3 is 0 Å². The van der Waals surface area contributed by atoms with E-state index < -0.39 is 0 Å². The second-order valence-corrected chi connectivity index (χ2v) is 5.52. The number of carbonyl (C=O) groups is 1. The second-order valence-electron chi connectivity index (χ2n) is 5.52. The molecule has 1 aromatic heterocycles. The Labute approximate surface area is 128 Å². The van der Waals surface area contributed by atoms with Crippen molar-refractivity contribution in [2.45, 2.75) is 64.8 Å². The van der Waals surface area contributed by atoms with E-state index in [1.165, 1.54) is 44.9 Å². The number of amides is 1. The second kappa shape index (κ2) is 11.3. The van der Waals surface area contributed by atoms with E-state index >= 15 is 0 Å². The van der Waals surface area contributed by atoms with Crippen LogP contribution in [0, 0.1) is 0 Å². The maximum absolute atomic E-state index is 11.9. The lowest BCUT2D eigenvalue weighted by Gasteiger charge is -2.03. The molecule has 0 bridgehead atoms. The molecule has 21 heavy (non-hydrogen) atoms. The summed E-state index contributed by atoms with van der Waals surface area (Å²) in [6, 6.07) is 0. The number of imidazole rings is 1. The first kappa shape index (κ1) is 17.7. The number of aromatic nitrogens is 2. The van der Waals surface area contributed by atoms with Gasteiger partial charge in [0.15, 0.2) is 0 Å². The van der Waals surface area contributed by atoms with Crippen molar-refractivity contribution in [1.29, 1.82) is 0 Å². The molecule has 5 nitrogen and oxygen atoms in total. The molecule has 0 saturated heterocycles. The summed E-state index contributed by atoms with van der Waals surface area (Å²) in [7, 11) is 0. The Hall–Kier alpha value is -1.36. The quantitative estimate of drug-likeness (QED) is 0.582. The first-order valence-corrected chi connectivity index (χ1v) is 8.28. The molecule has 0 fully saturated rings. The van der Waals surface area contributed by atoms with Gasteiger partial charge in [-0.15, -0.1) is 0 Å². The van der Waals surface area contributed by atoms with E-state index in [9.17, 15) is 4.79 Å². The van der Waals surface area contributed by atoms with E-state index in [-0.39, 0.29) is 5.91 Å². The largest absolute Gasteiger partial charge is 0.351 e. The average Bonchev–Trinajstić information content (AvgIpc) is 2.94. The summed E-state index contributed by atoms with van der Waals surface area (Å²) in [6.07, 6.45) is 13.6. The summed E-state index contributed by atoms with van der Waals surface area (Å²) in [4.78, 5) is 15.9. The third-order valence-electron chi connectivity index (χ3n) is 3.57. The predicted octanol–water partition coefficient (Wildman–Crippen LogP) is 2.71. The van der Waals surface area contributed by atoms with Gasteiger partial charge in [0.25, 0.3) is 5.91 Å². The van der Waals surface area contributed by atoms with Gasteiger partial charge in [-0.05, 0) is 6.42 Å². The fourth-order valence-corrected chi connectivity index (χ4v) is 2.30. The first-order valence-electron chi connectivity index (χ1n) is 8.28. The van der Waals surface area contributed by atoms with Crippen LogP contribution in [-0.2, 0) is 6.54 Å². The van der Waals surface area contributed by atoms with Crippen LogP contribution in [0.2, 0.25) is 0 Å². The van der Waals surface area contributed by atoms with E-state index in [2.05, 4.69) is 17.2 Å². The van der Waals surface area contributed by atoms with Crippen LogP contribution >= 0.6 is 0 Å². The number of unbranched alkanes of at least 4 members (excludes halogenated alkanes) is 7. The van der Waals surface area contributed by atoms with Gasteiger partial charge in [0.05, 0.1) is 6.33 Å². The Morgan fingerprint density at radius 1 is 1.19 bits per heavy atom. The minimum absolute atomic E-state index is 0.0892. The van der Waals surface area contributed by atoms with Gasteiger partial charge in [0.1, 0.15) is 5.69 Å². The molecule has 3 N–H and O–H groups in total. The van der Waals surface area contributed by atoms with Crippen molar-refractivity contribution < 1.29 is 4.79 Å². The molecule has 1 amide bonds. The zero-order chi connectivity index (χ0) is 15.3. The molecule has 1 heterocycles. The number of rotatable bonds is 12. The lowest BCUT2D eigenvalue weighted by atomic mass is 10.1. The highest BCUT2D eigenvalue weighted by atomic mass is 16.1. The molecule has 120 valence electrons. The van der Waals surface area contributed by atoms with E-state index in [4.69, 9.17) is 5.73 Å². The van der Waals surface area contributed by atoms with E-state index in [0.29, 0.717) is 18.8 Å². The van der Waals surface area contributed by atoms with Crippen molar-refractivity contribution in [2.24, 2.45) is 5.73 Å². The summed E-state index contributed by atoms with van der Waals surface area (Å²) >= 11 is 0. The number of nitrogens with zero attached hydrogens (tertiary/aromatic N) is 2. The van der Waals surface area contributed by atoms with Crippen LogP contribution in [0.5, 0.6) is 0 Å². The van der Waals surface area contributed by atoms with Gasteiger partial charge in [-0.1, -0.05) is 51.9 Å².